The van der Waals surface area contributed by atoms with E-state index in [0.717, 1.165) is 111 Å². The molecular formula is C79H140N10O12S. The molecule has 0 N–H and O–H groups in total. The van der Waals surface area contributed by atoms with Crippen molar-refractivity contribution in [1.82, 2.24) is 44.1 Å². The van der Waals surface area contributed by atoms with Gasteiger partial charge in [0.2, 0.25) is 47.3 Å². The van der Waals surface area contributed by atoms with E-state index in [9.17, 15) is 47.4 Å². The van der Waals surface area contributed by atoms with Gasteiger partial charge in [0.05, 0.1) is 13.2 Å². The van der Waals surface area contributed by atoms with E-state index in [0.29, 0.717) is 74.5 Å². The molecule has 0 saturated carbocycles. The molecule has 9 aliphatic heterocycles. The quantitative estimate of drug-likeness (QED) is 0.140. The van der Waals surface area contributed by atoms with E-state index in [1.54, 1.807) is 9.80 Å². The van der Waals surface area contributed by atoms with Crippen LogP contribution in [0.3, 0.4) is 0 Å². The molecule has 9 heterocycles. The predicted molar refractivity (Wildman–Crippen MR) is 412 cm³/mol. The number of piperidine rings is 3. The lowest BCUT2D eigenvalue weighted by Gasteiger charge is -2.37. The number of para-hydroxylation sites is 1. The first-order chi connectivity index (χ1) is 48.3. The van der Waals surface area contributed by atoms with Crippen molar-refractivity contribution in [3.8, 4) is 0 Å². The Labute approximate surface area is 617 Å². The van der Waals surface area contributed by atoms with Gasteiger partial charge in [-0.25, -0.2) is 0 Å². The molecule has 9 aliphatic rings. The predicted octanol–water partition coefficient (Wildman–Crippen LogP) is 9.76. The average molecular weight is 1450 g/mol. The fourth-order valence-electron chi connectivity index (χ4n) is 13.4. The van der Waals surface area contributed by atoms with Crippen LogP contribution in [0.2, 0.25) is 0 Å². The number of carbonyl (C=O) groups excluding carboxylic acids is 9. The molecule has 0 bridgehead atoms. The molecular weight excluding hydrogens is 1310 g/mol. The van der Waals surface area contributed by atoms with E-state index < -0.39 is 9.52 Å². The summed E-state index contributed by atoms with van der Waals surface area (Å²) in [5.41, 5.74) is 1.25. The third-order valence-electron chi connectivity index (χ3n) is 19.6. The molecule has 584 valence electrons. The molecule has 10 rings (SSSR count). The van der Waals surface area contributed by atoms with Crippen molar-refractivity contribution in [3.63, 3.8) is 0 Å². The number of likely N-dealkylation sites (tertiary alicyclic amines) is 6. The number of morpholine rings is 1. The third kappa shape index (κ3) is 33.1. The molecule has 0 radical (unpaired) electrons. The van der Waals surface area contributed by atoms with E-state index in [1.165, 1.54) is 95.8 Å². The van der Waals surface area contributed by atoms with Crippen LogP contribution in [-0.2, 0) is 62.1 Å². The van der Waals surface area contributed by atoms with Crippen molar-refractivity contribution in [2.75, 3.05) is 154 Å². The topological polar surface area (TPSA) is 222 Å². The molecule has 9 saturated heterocycles. The average Bonchev–Trinajstić information content (AvgIpc) is 1.00. The number of carbonyl (C=O) groups is 9. The second-order valence-electron chi connectivity index (χ2n) is 31.0. The Morgan fingerprint density at radius 1 is 0.382 bits per heavy atom. The Morgan fingerprint density at radius 2 is 0.696 bits per heavy atom. The van der Waals surface area contributed by atoms with Crippen LogP contribution in [0, 0.1) is 47.3 Å². The van der Waals surface area contributed by atoms with Crippen molar-refractivity contribution in [2.24, 2.45) is 47.3 Å². The molecule has 8 amide bonds. The van der Waals surface area contributed by atoms with Crippen LogP contribution in [-0.4, -0.2) is 269 Å². The summed E-state index contributed by atoms with van der Waals surface area (Å²) in [5, 5.41) is 0. The van der Waals surface area contributed by atoms with Crippen LogP contribution in [0.25, 0.3) is 0 Å². The van der Waals surface area contributed by atoms with Gasteiger partial charge in [0, 0.05) is 188 Å². The van der Waals surface area contributed by atoms with Crippen LogP contribution >= 0.6 is 0 Å². The van der Waals surface area contributed by atoms with Gasteiger partial charge in [0.25, 0.3) is 6.47 Å². The Bertz CT molecular complexity index is 2630. The van der Waals surface area contributed by atoms with Gasteiger partial charge in [-0.3, -0.25) is 47.4 Å². The van der Waals surface area contributed by atoms with E-state index in [-0.39, 0.29) is 77.2 Å². The van der Waals surface area contributed by atoms with Gasteiger partial charge in [-0.05, 0) is 124 Å². The van der Waals surface area contributed by atoms with E-state index in [4.69, 9.17) is 9.47 Å². The van der Waals surface area contributed by atoms with Crippen molar-refractivity contribution in [3.05, 3.63) is 30.3 Å². The summed E-state index contributed by atoms with van der Waals surface area (Å²) >= 11 is 0. The van der Waals surface area contributed by atoms with Gasteiger partial charge in [0.1, 0.15) is 0 Å². The van der Waals surface area contributed by atoms with Gasteiger partial charge in [0.15, 0.2) is 6.23 Å². The fraction of sp³-hybridized carbons (Fsp3) is 0.797. The Hall–Kier alpha value is -5.81. The highest BCUT2D eigenvalue weighted by molar-refractivity contribution is 8.00. The second kappa shape index (κ2) is 48.3. The molecule has 0 aromatic heterocycles. The van der Waals surface area contributed by atoms with Crippen LogP contribution in [0.15, 0.2) is 30.3 Å². The molecule has 1 aromatic carbocycles. The lowest BCUT2D eigenvalue weighted by molar-refractivity contribution is -0.152. The number of rotatable bonds is 12. The summed E-state index contributed by atoms with van der Waals surface area (Å²) in [4.78, 5) is 123. The first-order valence-electron chi connectivity index (χ1n) is 39.2. The summed E-state index contributed by atoms with van der Waals surface area (Å²) in [6.07, 6.45) is 16.2. The number of nitrogens with zero attached hydrogens (tertiary/aromatic N) is 10. The summed E-state index contributed by atoms with van der Waals surface area (Å²) in [6, 6.07) is 11.1. The maximum atomic E-state index is 11.8. The van der Waals surface area contributed by atoms with Gasteiger partial charge in [-0.1, -0.05) is 129 Å². The Balaban J connectivity index is 0.000000305. The first-order valence-corrected chi connectivity index (χ1v) is 41.2. The first kappa shape index (κ1) is 90.4. The summed E-state index contributed by atoms with van der Waals surface area (Å²) < 4.78 is 21.4. The normalized spacial score (nSPS) is 20.1. The van der Waals surface area contributed by atoms with Gasteiger partial charge >= 0.3 is 0 Å². The summed E-state index contributed by atoms with van der Waals surface area (Å²) in [6.45, 7) is 50.2. The zero-order valence-electron chi connectivity index (χ0n) is 66.4. The summed E-state index contributed by atoms with van der Waals surface area (Å²) in [7, 11) is -1.87. The van der Waals surface area contributed by atoms with Crippen LogP contribution in [0.5, 0.6) is 0 Å². The molecule has 1 atom stereocenters. The smallest absolute Gasteiger partial charge is 0.295 e. The highest BCUT2D eigenvalue weighted by Crippen LogP contribution is 2.24. The van der Waals surface area contributed by atoms with Crippen LogP contribution in [0.1, 0.15) is 201 Å². The molecule has 1 aromatic rings. The molecule has 102 heavy (non-hydrogen) atoms. The lowest BCUT2D eigenvalue weighted by atomic mass is 10.0. The molecule has 1 unspecified atom stereocenters. The molecule has 23 heteroatoms. The number of amides is 8. The highest BCUT2D eigenvalue weighted by Gasteiger charge is 2.33. The number of hydrogen-bond acceptors (Lipinski definition) is 14. The number of piperazine rings is 1. The minimum atomic E-state index is -1.87. The van der Waals surface area contributed by atoms with Crippen LogP contribution in [0.4, 0.5) is 5.69 Å². The minimum Gasteiger partial charge on any atom is -0.444 e. The third-order valence-corrected chi connectivity index (χ3v) is 21.5. The molecule has 22 nitrogen and oxygen atoms in total. The second-order valence-corrected chi connectivity index (χ2v) is 33.7. The van der Waals surface area contributed by atoms with Crippen molar-refractivity contribution < 1.29 is 56.8 Å². The van der Waals surface area contributed by atoms with E-state index in [2.05, 4.69) is 44.8 Å². The molecule has 0 spiro atoms. The maximum absolute atomic E-state index is 11.8. The standard InChI is InChI=1S/C14H20N2O.C13H24N2O.C9H15NO3.C9H17NO2S.2C9H17NO.C8H15NO2.C8H15NO/c1-12(2)14(17)16-10-8-15(9-11-16)13-6-4-3-5-7-13;1-11(2)13(16)15-9-5-12(6-10-15)14-7-3-4-8-14;1-7(2)9(12)10-5-3-4-8(10)13-6-11;1-8(2)9(11)10-4-6-13(3,12)7-5-10;2*1-8(2)9(11)10-6-4-3-5-7-10;1-7(2)8(10)9-3-5-11-6-4-9;1-7(2)8(10)9-5-3-4-6-9/h3-7,12H,8-11H2,1-2H3;11-12H,3-10H2,1-2H3;6-8H,3-5H2,1-2H3;8H,3-7H2,1-2H3;2*8H,3-7H2,1-2H3;7H,3-6H2,1-2H3;7H,3-6H2,1-2H3. The van der Waals surface area contributed by atoms with Crippen LogP contribution < -0.4 is 4.90 Å². The SMILES string of the molecule is C=S1(=O)CCN(C(=O)C(C)C)CC1.CC(C)C(=O)N1CCC(N2CCCC2)CC1.CC(C)C(=O)N1CCCC1.CC(C)C(=O)N1CCCC1OC=O.CC(C)C(=O)N1CCCCC1.CC(C)C(=O)N1CCCCC1.CC(C)C(=O)N1CCN(c2ccccc2)CC1.CC(C)C(=O)N1CCOCC1. The van der Waals surface area contributed by atoms with Gasteiger partial charge in [-0.2, -0.15) is 0 Å². The van der Waals surface area contributed by atoms with Crippen molar-refractivity contribution in [2.45, 2.75) is 213 Å². The zero-order chi connectivity index (χ0) is 76.1. The molecule has 9 fully saturated rings. The van der Waals surface area contributed by atoms with Crippen molar-refractivity contribution >= 4 is 74.8 Å². The number of benzene rings is 1. The Kier molecular flexibility index (Phi) is 42.8. The monoisotopic (exact) mass is 1450 g/mol. The number of ether oxygens (including phenoxy) is 2. The number of hydrogen-bond donors (Lipinski definition) is 0. The summed E-state index contributed by atoms with van der Waals surface area (Å²) in [5.74, 6) is 7.74. The van der Waals surface area contributed by atoms with E-state index >= 15 is 0 Å². The fourth-order valence-corrected chi connectivity index (χ4v) is 14.7. The Morgan fingerprint density at radius 3 is 1.05 bits per heavy atom. The molecule has 0 aliphatic carbocycles. The highest BCUT2D eigenvalue weighted by atomic mass is 32.2. The maximum Gasteiger partial charge on any atom is 0.295 e. The number of anilines is 1. The minimum absolute atomic E-state index is 0.0316. The van der Waals surface area contributed by atoms with Gasteiger partial charge in [-0.15, -0.1) is 0 Å². The van der Waals surface area contributed by atoms with Gasteiger partial charge < -0.3 is 58.5 Å². The largest absolute Gasteiger partial charge is 0.444 e. The van der Waals surface area contributed by atoms with Crippen molar-refractivity contribution in [1.29, 1.82) is 0 Å². The van der Waals surface area contributed by atoms with E-state index in [1.807, 2.05) is 141 Å². The zero-order valence-corrected chi connectivity index (χ0v) is 67.2. The lowest BCUT2D eigenvalue weighted by Crippen LogP contribution is -2.49.